The Balaban J connectivity index is 0.000000605. The van der Waals surface area contributed by atoms with Crippen molar-refractivity contribution in [2.75, 3.05) is 13.1 Å². The van der Waals surface area contributed by atoms with Gasteiger partial charge in [0.1, 0.15) is 0 Å². The number of piperidine rings is 1. The number of rotatable bonds is 1. The van der Waals surface area contributed by atoms with E-state index in [4.69, 9.17) is 0 Å². The van der Waals surface area contributed by atoms with Crippen molar-refractivity contribution < 1.29 is 0 Å². The molecule has 1 nitrogen and oxygen atoms in total. The van der Waals surface area contributed by atoms with Gasteiger partial charge in [0.25, 0.3) is 0 Å². The number of likely N-dealkylation sites (tertiary alicyclic amines) is 1. The number of nitrogens with zero attached hydrogens (tertiary/aromatic N) is 1. The van der Waals surface area contributed by atoms with Crippen LogP contribution in [0.5, 0.6) is 0 Å². The van der Waals surface area contributed by atoms with E-state index in [9.17, 15) is 0 Å². The number of hydrogen-bond donors (Lipinski definition) is 0. The zero-order chi connectivity index (χ0) is 6.81. The molecule has 2 heteroatoms. The summed E-state index contributed by atoms with van der Waals surface area (Å²) in [5.74, 6) is 0. The Kier molecular flexibility index (Phi) is 3.72. The predicted octanol–water partition coefficient (Wildman–Crippen LogP) is 0.966. The first-order chi connectivity index (χ1) is 4.97. The fourth-order valence-electron chi connectivity index (χ4n) is 1.67. The van der Waals surface area contributed by atoms with Gasteiger partial charge in [-0.25, -0.2) is 0 Å². The fourth-order valence-corrected chi connectivity index (χ4v) is 1.67. The third-order valence-electron chi connectivity index (χ3n) is 2.43. The van der Waals surface area contributed by atoms with Crippen molar-refractivity contribution >= 4 is 18.9 Å². The molecule has 1 aliphatic heterocycles. The first-order valence-corrected chi connectivity index (χ1v) is 4.22. The van der Waals surface area contributed by atoms with E-state index in [1.165, 1.54) is 32.4 Å². The van der Waals surface area contributed by atoms with Crippen molar-refractivity contribution in [2.24, 2.45) is 0 Å². The second-order valence-electron chi connectivity index (χ2n) is 3.16. The van der Waals surface area contributed by atoms with E-state index in [0.717, 1.165) is 0 Å². The molecule has 1 aliphatic carbocycles. The Bertz CT molecular complexity index is 138. The summed E-state index contributed by atoms with van der Waals surface area (Å²) in [6.45, 7) is 2.62. The van der Waals surface area contributed by atoms with E-state index in [0.29, 0.717) is 6.04 Å². The SMILES string of the molecule is [CH]1C=CC1N1CCCCC1.[LiH]. The normalized spacial score (nSPS) is 30.7. The fraction of sp³-hybridized carbons (Fsp3) is 0.667. The van der Waals surface area contributed by atoms with Gasteiger partial charge in [0.05, 0.1) is 0 Å². The van der Waals surface area contributed by atoms with Gasteiger partial charge in [-0.05, 0) is 25.9 Å². The van der Waals surface area contributed by atoms with Crippen LogP contribution in [0.1, 0.15) is 19.3 Å². The first-order valence-electron chi connectivity index (χ1n) is 4.22. The monoisotopic (exact) mass is 144 g/mol. The quantitative estimate of drug-likeness (QED) is 0.495. The summed E-state index contributed by atoms with van der Waals surface area (Å²) >= 11 is 0. The summed E-state index contributed by atoms with van der Waals surface area (Å²) in [7, 11) is 0. The molecule has 1 radical (unpaired) electrons. The summed E-state index contributed by atoms with van der Waals surface area (Å²) in [5, 5.41) is 0. The van der Waals surface area contributed by atoms with Gasteiger partial charge in [0, 0.05) is 12.5 Å². The molecule has 1 heterocycles. The molecular formula is C9H15LiN. The molecule has 57 valence electrons. The molecule has 1 atom stereocenters. The van der Waals surface area contributed by atoms with Gasteiger partial charge in [-0.3, -0.25) is 4.90 Å². The van der Waals surface area contributed by atoms with Crippen LogP contribution < -0.4 is 0 Å². The molecule has 0 aromatic carbocycles. The van der Waals surface area contributed by atoms with E-state index in [-0.39, 0.29) is 18.9 Å². The number of hydrogen-bond acceptors (Lipinski definition) is 1. The maximum absolute atomic E-state index is 2.56. The zero-order valence-electron chi connectivity index (χ0n) is 6.29. The van der Waals surface area contributed by atoms with E-state index in [2.05, 4.69) is 23.5 Å². The Labute approximate surface area is 81.0 Å². The Hall–Kier alpha value is 0.297. The van der Waals surface area contributed by atoms with Gasteiger partial charge in [-0.1, -0.05) is 18.6 Å². The summed E-state index contributed by atoms with van der Waals surface area (Å²) < 4.78 is 0. The van der Waals surface area contributed by atoms with Crippen molar-refractivity contribution in [3.63, 3.8) is 0 Å². The average molecular weight is 144 g/mol. The van der Waals surface area contributed by atoms with Crippen molar-refractivity contribution in [1.29, 1.82) is 0 Å². The second kappa shape index (κ2) is 4.35. The molecule has 1 fully saturated rings. The van der Waals surface area contributed by atoms with Gasteiger partial charge in [0.15, 0.2) is 0 Å². The van der Waals surface area contributed by atoms with E-state index < -0.39 is 0 Å². The molecule has 0 N–H and O–H groups in total. The predicted molar refractivity (Wildman–Crippen MR) is 49.8 cm³/mol. The molecular weight excluding hydrogens is 129 g/mol. The standard InChI is InChI=1S/C9H14N.Li.H/c1-2-7-10(8-3-1)9-5-4-6-9;;/h4-6,9H,1-3,7-8H2;;. The summed E-state index contributed by atoms with van der Waals surface area (Å²) in [4.78, 5) is 2.56. The van der Waals surface area contributed by atoms with Crippen LogP contribution in [-0.4, -0.2) is 42.9 Å². The third-order valence-corrected chi connectivity index (χ3v) is 2.43. The van der Waals surface area contributed by atoms with Crippen molar-refractivity contribution in [3.05, 3.63) is 18.6 Å². The van der Waals surface area contributed by atoms with Gasteiger partial charge in [-0.2, -0.15) is 0 Å². The van der Waals surface area contributed by atoms with E-state index in [1.807, 2.05) is 0 Å². The summed E-state index contributed by atoms with van der Waals surface area (Å²) in [6, 6.07) is 0.695. The minimum atomic E-state index is 0. The van der Waals surface area contributed by atoms with E-state index >= 15 is 0 Å². The minimum absolute atomic E-state index is 0. The van der Waals surface area contributed by atoms with Crippen LogP contribution in [0.25, 0.3) is 0 Å². The van der Waals surface area contributed by atoms with Crippen LogP contribution >= 0.6 is 0 Å². The Morgan fingerprint density at radius 2 is 1.73 bits per heavy atom. The Morgan fingerprint density at radius 3 is 2.18 bits per heavy atom. The average Bonchev–Trinajstić information content (AvgIpc) is 1.86. The van der Waals surface area contributed by atoms with Crippen LogP contribution in [0.15, 0.2) is 12.2 Å². The maximum atomic E-state index is 2.56. The molecule has 0 spiro atoms. The van der Waals surface area contributed by atoms with Gasteiger partial charge in [0.2, 0.25) is 0 Å². The molecule has 1 saturated heterocycles. The molecule has 1 unspecified atom stereocenters. The van der Waals surface area contributed by atoms with Gasteiger partial charge in [-0.15, -0.1) is 0 Å². The van der Waals surface area contributed by atoms with Crippen LogP contribution in [0.2, 0.25) is 0 Å². The molecule has 0 saturated carbocycles. The van der Waals surface area contributed by atoms with Gasteiger partial charge >= 0.3 is 18.9 Å². The van der Waals surface area contributed by atoms with E-state index in [1.54, 1.807) is 0 Å². The third kappa shape index (κ3) is 2.12. The van der Waals surface area contributed by atoms with Crippen molar-refractivity contribution in [3.8, 4) is 0 Å². The van der Waals surface area contributed by atoms with Crippen molar-refractivity contribution in [1.82, 2.24) is 4.90 Å². The van der Waals surface area contributed by atoms with Crippen LogP contribution in [-0.2, 0) is 0 Å². The summed E-state index contributed by atoms with van der Waals surface area (Å²) in [5.41, 5.74) is 0. The molecule has 0 amide bonds. The topological polar surface area (TPSA) is 3.24 Å². The van der Waals surface area contributed by atoms with Crippen molar-refractivity contribution in [2.45, 2.75) is 25.3 Å². The molecule has 2 aliphatic rings. The molecule has 0 bridgehead atoms. The summed E-state index contributed by atoms with van der Waals surface area (Å²) in [6.07, 6.45) is 11.0. The molecule has 0 aromatic rings. The van der Waals surface area contributed by atoms with Crippen LogP contribution in [0.3, 0.4) is 0 Å². The Morgan fingerprint density at radius 1 is 1.09 bits per heavy atom. The molecule has 0 aromatic heterocycles. The molecule has 11 heavy (non-hydrogen) atoms. The van der Waals surface area contributed by atoms with Gasteiger partial charge < -0.3 is 0 Å². The molecule has 2 rings (SSSR count). The first kappa shape index (κ1) is 9.39. The second-order valence-corrected chi connectivity index (χ2v) is 3.16. The van der Waals surface area contributed by atoms with Crippen LogP contribution in [0.4, 0.5) is 0 Å². The zero-order valence-corrected chi connectivity index (χ0v) is 6.29. The van der Waals surface area contributed by atoms with Crippen LogP contribution in [0, 0.1) is 6.42 Å².